The maximum atomic E-state index is 12.0. The molecule has 0 radical (unpaired) electrons. The van der Waals surface area contributed by atoms with Gasteiger partial charge in [0.1, 0.15) is 5.56 Å². The van der Waals surface area contributed by atoms with Gasteiger partial charge in [0.05, 0.1) is 5.52 Å². The molecule has 3 rings (SSSR count). The van der Waals surface area contributed by atoms with Crippen molar-refractivity contribution in [2.75, 3.05) is 0 Å². The van der Waals surface area contributed by atoms with Gasteiger partial charge in [0.15, 0.2) is 0 Å². The number of carboxylic acid groups (broad SMARTS) is 1. The molecule has 2 aromatic heterocycles. The van der Waals surface area contributed by atoms with E-state index in [4.69, 9.17) is 5.11 Å². The molecule has 0 atom stereocenters. The number of hydrogen-bond donors (Lipinski definition) is 2. The van der Waals surface area contributed by atoms with Gasteiger partial charge >= 0.3 is 5.97 Å². The number of aromatic nitrogens is 2. The molecular weight excluding hydrogens is 232 g/mol. The van der Waals surface area contributed by atoms with Crippen molar-refractivity contribution >= 4 is 27.8 Å². The van der Waals surface area contributed by atoms with Crippen LogP contribution in [-0.2, 0) is 0 Å². The Kier molecular flexibility index (Phi) is 2.13. The molecule has 0 bridgehead atoms. The van der Waals surface area contributed by atoms with Crippen LogP contribution in [0.5, 0.6) is 0 Å². The molecule has 3 aromatic rings. The highest BCUT2D eigenvalue weighted by Crippen LogP contribution is 2.19. The van der Waals surface area contributed by atoms with Gasteiger partial charge < -0.3 is 10.1 Å². The smallest absolute Gasteiger partial charge is 0.341 e. The zero-order chi connectivity index (χ0) is 12.7. The predicted molar refractivity (Wildman–Crippen MR) is 66.8 cm³/mol. The van der Waals surface area contributed by atoms with Crippen molar-refractivity contribution in [1.29, 1.82) is 0 Å². The zero-order valence-corrected chi connectivity index (χ0v) is 9.18. The van der Waals surface area contributed by atoms with E-state index in [1.54, 1.807) is 24.4 Å². The normalized spacial score (nSPS) is 10.9. The number of pyridine rings is 2. The lowest BCUT2D eigenvalue weighted by molar-refractivity contribution is 0.0695. The minimum absolute atomic E-state index is 0.304. The number of benzene rings is 1. The van der Waals surface area contributed by atoms with E-state index in [0.29, 0.717) is 10.9 Å². The zero-order valence-electron chi connectivity index (χ0n) is 9.18. The molecule has 5 nitrogen and oxygen atoms in total. The molecule has 0 aliphatic rings. The summed E-state index contributed by atoms with van der Waals surface area (Å²) in [6.07, 6.45) is 2.89. The van der Waals surface area contributed by atoms with Crippen LogP contribution in [0.25, 0.3) is 21.8 Å². The number of aromatic amines is 1. The average Bonchev–Trinajstić information content (AvgIpc) is 2.38. The Balaban J connectivity index is 2.52. The minimum Gasteiger partial charge on any atom is -0.477 e. The highest BCUT2D eigenvalue weighted by Gasteiger charge is 2.13. The van der Waals surface area contributed by atoms with E-state index in [1.807, 2.05) is 6.07 Å². The van der Waals surface area contributed by atoms with Crippen molar-refractivity contribution in [3.63, 3.8) is 0 Å². The highest BCUT2D eigenvalue weighted by atomic mass is 16.4. The molecule has 0 saturated heterocycles. The maximum absolute atomic E-state index is 12.0. The molecule has 0 aliphatic carbocycles. The number of nitrogens with one attached hydrogen (secondary N) is 1. The first kappa shape index (κ1) is 10.5. The van der Waals surface area contributed by atoms with Gasteiger partial charge in [-0.3, -0.25) is 9.78 Å². The molecule has 88 valence electrons. The fourth-order valence-electron chi connectivity index (χ4n) is 1.99. The van der Waals surface area contributed by atoms with Gasteiger partial charge in [0, 0.05) is 28.7 Å². The number of H-pyrrole nitrogens is 1. The second-order valence-corrected chi connectivity index (χ2v) is 3.90. The van der Waals surface area contributed by atoms with E-state index in [0.717, 1.165) is 17.1 Å². The van der Waals surface area contributed by atoms with Crippen LogP contribution in [0.2, 0.25) is 0 Å². The van der Waals surface area contributed by atoms with Gasteiger partial charge in [0.2, 0.25) is 5.43 Å². The molecule has 0 unspecified atom stereocenters. The Morgan fingerprint density at radius 1 is 1.22 bits per heavy atom. The van der Waals surface area contributed by atoms with Crippen LogP contribution in [0.15, 0.2) is 41.5 Å². The summed E-state index contributed by atoms with van der Waals surface area (Å²) in [5, 5.41) is 10.0. The summed E-state index contributed by atoms with van der Waals surface area (Å²) in [6.45, 7) is 0. The van der Waals surface area contributed by atoms with E-state index in [9.17, 15) is 9.59 Å². The first-order valence-electron chi connectivity index (χ1n) is 5.31. The monoisotopic (exact) mass is 240 g/mol. The SMILES string of the molecule is O=C(O)c1cnc2c(ccc3[nH]cccc32)c1=O. The van der Waals surface area contributed by atoms with Crippen molar-refractivity contribution in [3.05, 3.63) is 52.4 Å². The molecular formula is C13H8N2O3. The van der Waals surface area contributed by atoms with Gasteiger partial charge in [0.25, 0.3) is 0 Å². The van der Waals surface area contributed by atoms with Crippen LogP contribution in [0.3, 0.4) is 0 Å². The fourth-order valence-corrected chi connectivity index (χ4v) is 1.99. The van der Waals surface area contributed by atoms with Crippen molar-refractivity contribution < 1.29 is 9.90 Å². The van der Waals surface area contributed by atoms with Gasteiger partial charge in [-0.25, -0.2) is 4.79 Å². The van der Waals surface area contributed by atoms with E-state index in [1.165, 1.54) is 0 Å². The average molecular weight is 240 g/mol. The van der Waals surface area contributed by atoms with Crippen LogP contribution < -0.4 is 5.43 Å². The van der Waals surface area contributed by atoms with Gasteiger partial charge in [-0.2, -0.15) is 0 Å². The third-order valence-corrected chi connectivity index (χ3v) is 2.86. The maximum Gasteiger partial charge on any atom is 0.341 e. The van der Waals surface area contributed by atoms with E-state index < -0.39 is 11.4 Å². The summed E-state index contributed by atoms with van der Waals surface area (Å²) in [4.78, 5) is 30.0. The van der Waals surface area contributed by atoms with Crippen LogP contribution in [0, 0.1) is 0 Å². The lowest BCUT2D eigenvalue weighted by Crippen LogP contribution is -2.15. The Morgan fingerprint density at radius 3 is 2.83 bits per heavy atom. The molecule has 2 heterocycles. The first-order valence-corrected chi connectivity index (χ1v) is 5.31. The van der Waals surface area contributed by atoms with Gasteiger partial charge in [-0.1, -0.05) is 0 Å². The standard InChI is InChI=1S/C13H8N2O3/c16-12-8-3-4-10-7(2-1-5-14-10)11(8)15-6-9(12)13(17)18/h1-6,14H,(H,17,18). The van der Waals surface area contributed by atoms with E-state index in [-0.39, 0.29) is 5.56 Å². The Bertz CT molecular complexity index is 836. The summed E-state index contributed by atoms with van der Waals surface area (Å²) in [6, 6.07) is 6.97. The number of hydrogen-bond acceptors (Lipinski definition) is 3. The number of nitrogens with zero attached hydrogens (tertiary/aromatic N) is 1. The molecule has 0 spiro atoms. The molecule has 0 saturated carbocycles. The molecule has 5 heteroatoms. The highest BCUT2D eigenvalue weighted by molar-refractivity contribution is 6.05. The number of rotatable bonds is 1. The van der Waals surface area contributed by atoms with Crippen LogP contribution in [0.4, 0.5) is 0 Å². The van der Waals surface area contributed by atoms with Crippen LogP contribution in [0.1, 0.15) is 10.4 Å². The van der Waals surface area contributed by atoms with Gasteiger partial charge in [-0.05, 0) is 24.3 Å². The molecule has 2 N–H and O–H groups in total. The minimum atomic E-state index is -1.26. The molecule has 0 aliphatic heterocycles. The molecule has 18 heavy (non-hydrogen) atoms. The second-order valence-electron chi connectivity index (χ2n) is 3.90. The number of carboxylic acids is 1. The third-order valence-electron chi connectivity index (χ3n) is 2.86. The van der Waals surface area contributed by atoms with E-state index in [2.05, 4.69) is 9.97 Å². The van der Waals surface area contributed by atoms with E-state index >= 15 is 0 Å². The van der Waals surface area contributed by atoms with Crippen LogP contribution in [-0.4, -0.2) is 21.0 Å². The Morgan fingerprint density at radius 2 is 2.06 bits per heavy atom. The fraction of sp³-hybridized carbons (Fsp3) is 0. The number of aromatic carboxylic acids is 1. The predicted octanol–water partition coefficient (Wildman–Crippen LogP) is 1.77. The second kappa shape index (κ2) is 3.66. The summed E-state index contributed by atoms with van der Waals surface area (Å²) in [5.41, 5.74) is 0.555. The van der Waals surface area contributed by atoms with Crippen LogP contribution >= 0.6 is 0 Å². The quantitative estimate of drug-likeness (QED) is 0.635. The summed E-state index contributed by atoms with van der Waals surface area (Å²) < 4.78 is 0. The Hall–Kier alpha value is -2.69. The number of fused-ring (bicyclic) bond motifs is 3. The molecule has 1 aromatic carbocycles. The lowest BCUT2D eigenvalue weighted by atomic mass is 10.1. The lowest BCUT2D eigenvalue weighted by Gasteiger charge is -2.03. The Labute approximate surface area is 101 Å². The largest absolute Gasteiger partial charge is 0.477 e. The summed E-state index contributed by atoms with van der Waals surface area (Å²) in [7, 11) is 0. The topological polar surface area (TPSA) is 83.0 Å². The summed E-state index contributed by atoms with van der Waals surface area (Å²) in [5.74, 6) is -1.26. The van der Waals surface area contributed by atoms with Crippen molar-refractivity contribution in [3.8, 4) is 0 Å². The number of carbonyl (C=O) groups is 1. The van der Waals surface area contributed by atoms with Crippen molar-refractivity contribution in [1.82, 2.24) is 9.97 Å². The molecule has 0 amide bonds. The van der Waals surface area contributed by atoms with Crippen molar-refractivity contribution in [2.45, 2.75) is 0 Å². The van der Waals surface area contributed by atoms with Crippen molar-refractivity contribution in [2.24, 2.45) is 0 Å². The molecule has 0 fully saturated rings. The first-order chi connectivity index (χ1) is 8.68. The summed E-state index contributed by atoms with van der Waals surface area (Å²) >= 11 is 0. The third kappa shape index (κ3) is 1.37. The van der Waals surface area contributed by atoms with Gasteiger partial charge in [-0.15, -0.1) is 0 Å².